The quantitative estimate of drug-likeness (QED) is 0.796. The molecule has 0 saturated heterocycles. The fourth-order valence-electron chi connectivity index (χ4n) is 2.41. The van der Waals surface area contributed by atoms with Crippen molar-refractivity contribution in [3.8, 4) is 0 Å². The Morgan fingerprint density at radius 2 is 2.18 bits per heavy atom. The third-order valence-electron chi connectivity index (χ3n) is 3.73. The van der Waals surface area contributed by atoms with Crippen LogP contribution in [-0.2, 0) is 14.3 Å². The highest BCUT2D eigenvalue weighted by Crippen LogP contribution is 2.50. The number of hydrogen-bond donors (Lipinski definition) is 2. The molecule has 7 heteroatoms. The third-order valence-corrected chi connectivity index (χ3v) is 4.57. The largest absolute Gasteiger partial charge is 0.480 e. The molecule has 1 fully saturated rings. The predicted molar refractivity (Wildman–Crippen MR) is 83.4 cm³/mol. The van der Waals surface area contributed by atoms with E-state index in [1.54, 1.807) is 12.1 Å². The van der Waals surface area contributed by atoms with Gasteiger partial charge in [-0.15, -0.1) is 0 Å². The molecule has 0 aliphatic heterocycles. The normalized spacial score (nSPS) is 21.2. The van der Waals surface area contributed by atoms with Gasteiger partial charge < -0.3 is 15.2 Å². The molecule has 1 aromatic carbocycles. The first-order valence-corrected chi connectivity index (χ1v) is 7.67. The van der Waals surface area contributed by atoms with Gasteiger partial charge in [-0.3, -0.25) is 4.79 Å². The average molecular weight is 346 g/mol. The summed E-state index contributed by atoms with van der Waals surface area (Å²) in [6.45, 7) is 0.269. The molecule has 2 rings (SSSR count). The molecule has 0 aromatic heterocycles. The van der Waals surface area contributed by atoms with Gasteiger partial charge in [0.05, 0.1) is 10.0 Å². The maximum absolute atomic E-state index is 12.2. The van der Waals surface area contributed by atoms with Gasteiger partial charge in [0, 0.05) is 26.1 Å². The maximum Gasteiger partial charge on any atom is 0.326 e. The van der Waals surface area contributed by atoms with Gasteiger partial charge in [0.2, 0.25) is 5.91 Å². The monoisotopic (exact) mass is 345 g/mol. The zero-order valence-electron chi connectivity index (χ0n) is 12.0. The molecule has 2 N–H and O–H groups in total. The standard InChI is InChI=1S/C15H17Cl2NO4/c1-22-6-5-12(15(20)21)18-14(19)10-7-9(10)8-3-2-4-11(16)13(8)17/h2-4,9-10,12H,5-7H2,1H3,(H,18,19)(H,20,21). The second kappa shape index (κ2) is 7.31. The number of amides is 1. The summed E-state index contributed by atoms with van der Waals surface area (Å²) < 4.78 is 4.85. The SMILES string of the molecule is COCCC(NC(=O)C1CC1c1cccc(Cl)c1Cl)C(=O)O. The number of ether oxygens (including phenoxy) is 1. The number of methoxy groups -OCH3 is 1. The van der Waals surface area contributed by atoms with Gasteiger partial charge in [0.15, 0.2) is 0 Å². The highest BCUT2D eigenvalue weighted by Gasteiger charge is 2.45. The van der Waals surface area contributed by atoms with E-state index < -0.39 is 12.0 Å². The number of nitrogens with one attached hydrogen (secondary N) is 1. The average Bonchev–Trinajstić information content (AvgIpc) is 3.26. The molecule has 5 nitrogen and oxygen atoms in total. The number of carboxylic acids is 1. The first-order valence-electron chi connectivity index (χ1n) is 6.91. The van der Waals surface area contributed by atoms with Gasteiger partial charge in [-0.1, -0.05) is 35.3 Å². The number of aliphatic carboxylic acids is 1. The smallest absolute Gasteiger partial charge is 0.326 e. The van der Waals surface area contributed by atoms with Crippen LogP contribution < -0.4 is 5.32 Å². The zero-order chi connectivity index (χ0) is 16.3. The number of carboxylic acid groups (broad SMARTS) is 1. The Labute approximate surface area is 138 Å². The van der Waals surface area contributed by atoms with E-state index in [2.05, 4.69) is 5.32 Å². The van der Waals surface area contributed by atoms with Crippen molar-refractivity contribution < 1.29 is 19.4 Å². The van der Waals surface area contributed by atoms with Gasteiger partial charge in [0.1, 0.15) is 6.04 Å². The molecule has 120 valence electrons. The van der Waals surface area contributed by atoms with Gasteiger partial charge in [-0.2, -0.15) is 0 Å². The summed E-state index contributed by atoms with van der Waals surface area (Å²) in [7, 11) is 1.48. The Kier molecular flexibility index (Phi) is 5.67. The number of rotatable bonds is 7. The Bertz CT molecular complexity index is 579. The van der Waals surface area contributed by atoms with Crippen LogP contribution in [0.2, 0.25) is 10.0 Å². The Morgan fingerprint density at radius 3 is 2.82 bits per heavy atom. The van der Waals surface area contributed by atoms with E-state index >= 15 is 0 Å². The van der Waals surface area contributed by atoms with E-state index in [4.69, 9.17) is 33.0 Å². The van der Waals surface area contributed by atoms with Crippen molar-refractivity contribution in [2.75, 3.05) is 13.7 Å². The number of halogens is 2. The van der Waals surface area contributed by atoms with Crippen LogP contribution in [0.5, 0.6) is 0 Å². The first kappa shape index (κ1) is 17.1. The van der Waals surface area contributed by atoms with Crippen molar-refractivity contribution in [1.29, 1.82) is 0 Å². The summed E-state index contributed by atoms with van der Waals surface area (Å²) in [5.74, 6) is -1.61. The minimum absolute atomic E-state index is 0.0110. The van der Waals surface area contributed by atoms with E-state index in [1.165, 1.54) is 7.11 Å². The fraction of sp³-hybridized carbons (Fsp3) is 0.467. The molecule has 1 aliphatic carbocycles. The minimum Gasteiger partial charge on any atom is -0.480 e. The van der Waals surface area contributed by atoms with Crippen LogP contribution in [0, 0.1) is 5.92 Å². The third kappa shape index (κ3) is 3.91. The van der Waals surface area contributed by atoms with Crippen LogP contribution in [0.25, 0.3) is 0 Å². The second-order valence-electron chi connectivity index (χ2n) is 5.27. The lowest BCUT2D eigenvalue weighted by Crippen LogP contribution is -2.42. The zero-order valence-corrected chi connectivity index (χ0v) is 13.5. The van der Waals surface area contributed by atoms with Crippen molar-refractivity contribution in [2.45, 2.75) is 24.8 Å². The summed E-state index contributed by atoms with van der Waals surface area (Å²) >= 11 is 12.1. The minimum atomic E-state index is -1.07. The lowest BCUT2D eigenvalue weighted by Gasteiger charge is -2.14. The molecule has 1 aromatic rings. The van der Waals surface area contributed by atoms with Crippen LogP contribution in [0.4, 0.5) is 0 Å². The lowest BCUT2D eigenvalue weighted by molar-refractivity contribution is -0.142. The lowest BCUT2D eigenvalue weighted by atomic mass is 10.1. The van der Waals surface area contributed by atoms with Crippen LogP contribution >= 0.6 is 23.2 Å². The molecule has 0 spiro atoms. The molecular formula is C15H17Cl2NO4. The van der Waals surface area contributed by atoms with E-state index in [9.17, 15) is 9.59 Å². The molecule has 0 radical (unpaired) electrons. The summed E-state index contributed by atoms with van der Waals surface area (Å²) in [5.41, 5.74) is 0.832. The molecule has 3 unspecified atom stereocenters. The number of benzene rings is 1. The van der Waals surface area contributed by atoms with Crippen LogP contribution in [0.1, 0.15) is 24.3 Å². The van der Waals surface area contributed by atoms with Crippen LogP contribution in [0.15, 0.2) is 18.2 Å². The van der Waals surface area contributed by atoms with E-state index in [0.29, 0.717) is 16.5 Å². The topological polar surface area (TPSA) is 75.6 Å². The fourth-order valence-corrected chi connectivity index (χ4v) is 2.86. The first-order chi connectivity index (χ1) is 10.5. The summed E-state index contributed by atoms with van der Waals surface area (Å²) in [5, 5.41) is 12.6. The maximum atomic E-state index is 12.2. The van der Waals surface area contributed by atoms with E-state index in [-0.39, 0.29) is 30.8 Å². The van der Waals surface area contributed by atoms with Gasteiger partial charge in [-0.25, -0.2) is 4.79 Å². The van der Waals surface area contributed by atoms with Crippen molar-refractivity contribution >= 4 is 35.1 Å². The summed E-state index contributed by atoms with van der Waals surface area (Å²) in [4.78, 5) is 23.3. The molecular weight excluding hydrogens is 329 g/mol. The van der Waals surface area contributed by atoms with Gasteiger partial charge in [-0.05, 0) is 24.0 Å². The Hall–Kier alpha value is -1.30. The molecule has 1 aliphatic rings. The van der Waals surface area contributed by atoms with Crippen molar-refractivity contribution in [3.63, 3.8) is 0 Å². The second-order valence-corrected chi connectivity index (χ2v) is 6.06. The predicted octanol–water partition coefficient (Wildman–Crippen LogP) is 2.70. The van der Waals surface area contributed by atoms with Crippen LogP contribution in [0.3, 0.4) is 0 Å². The number of carbonyl (C=O) groups is 2. The van der Waals surface area contributed by atoms with Crippen molar-refractivity contribution in [2.24, 2.45) is 5.92 Å². The van der Waals surface area contributed by atoms with Crippen LogP contribution in [-0.4, -0.2) is 36.7 Å². The highest BCUT2D eigenvalue weighted by molar-refractivity contribution is 6.42. The summed E-state index contributed by atoms with van der Waals surface area (Å²) in [6.07, 6.45) is 0.870. The molecule has 22 heavy (non-hydrogen) atoms. The van der Waals surface area contributed by atoms with Gasteiger partial charge >= 0.3 is 5.97 Å². The molecule has 0 heterocycles. The van der Waals surface area contributed by atoms with E-state index in [1.807, 2.05) is 6.07 Å². The molecule has 1 amide bonds. The van der Waals surface area contributed by atoms with Gasteiger partial charge in [0.25, 0.3) is 0 Å². The number of hydrogen-bond acceptors (Lipinski definition) is 3. The van der Waals surface area contributed by atoms with E-state index in [0.717, 1.165) is 5.56 Å². The molecule has 1 saturated carbocycles. The molecule has 3 atom stereocenters. The Balaban J connectivity index is 1.98. The number of carbonyl (C=O) groups excluding carboxylic acids is 1. The van der Waals surface area contributed by atoms with Crippen molar-refractivity contribution in [1.82, 2.24) is 5.32 Å². The highest BCUT2D eigenvalue weighted by atomic mass is 35.5. The molecule has 0 bridgehead atoms. The summed E-state index contributed by atoms with van der Waals surface area (Å²) in [6, 6.07) is 4.38. The van der Waals surface area contributed by atoms with Crippen molar-refractivity contribution in [3.05, 3.63) is 33.8 Å². The Morgan fingerprint density at radius 1 is 1.45 bits per heavy atom.